The number of amides is 1. The van der Waals surface area contributed by atoms with Gasteiger partial charge in [-0.25, -0.2) is 0 Å². The minimum absolute atomic E-state index is 0.0701. The molecule has 1 amide bonds. The van der Waals surface area contributed by atoms with Crippen molar-refractivity contribution in [2.45, 2.75) is 5.03 Å². The number of carbonyl (C=O) groups is 1. The highest BCUT2D eigenvalue weighted by Crippen LogP contribution is 2.36. The van der Waals surface area contributed by atoms with Crippen LogP contribution in [0.25, 0.3) is 5.69 Å². The first-order valence-corrected chi connectivity index (χ1v) is 10.4. The smallest absolute Gasteiger partial charge is 0.271 e. The van der Waals surface area contributed by atoms with Crippen LogP contribution in [0.2, 0.25) is 5.02 Å². The van der Waals surface area contributed by atoms with Crippen molar-refractivity contribution in [2.75, 3.05) is 32.4 Å². The summed E-state index contributed by atoms with van der Waals surface area (Å²) in [6.07, 6.45) is 0. The maximum Gasteiger partial charge on any atom is 0.271 e. The zero-order valence-corrected chi connectivity index (χ0v) is 18.6. The van der Waals surface area contributed by atoms with E-state index in [2.05, 4.69) is 10.4 Å². The number of hydrogen-bond donors (Lipinski definition) is 1. The van der Waals surface area contributed by atoms with E-state index in [0.29, 0.717) is 38.7 Å². The lowest BCUT2D eigenvalue weighted by Gasteiger charge is -2.13. The zero-order chi connectivity index (χ0) is 22.4. The third kappa shape index (κ3) is 5.50. The molecular formula is C21H20ClN3O5S. The van der Waals surface area contributed by atoms with Gasteiger partial charge >= 0.3 is 0 Å². The van der Waals surface area contributed by atoms with Crippen LogP contribution >= 0.6 is 23.4 Å². The lowest BCUT2D eigenvalue weighted by molar-refractivity contribution is -0.113. The average Bonchev–Trinajstić information content (AvgIpc) is 2.79. The van der Waals surface area contributed by atoms with E-state index < -0.39 is 0 Å². The highest BCUT2D eigenvalue weighted by Gasteiger charge is 2.13. The van der Waals surface area contributed by atoms with Gasteiger partial charge in [-0.05, 0) is 36.4 Å². The predicted molar refractivity (Wildman–Crippen MR) is 120 cm³/mol. The molecule has 1 N–H and O–H groups in total. The molecule has 10 heteroatoms. The summed E-state index contributed by atoms with van der Waals surface area (Å²) in [6, 6.07) is 13.1. The van der Waals surface area contributed by atoms with Gasteiger partial charge in [0, 0.05) is 12.1 Å². The summed E-state index contributed by atoms with van der Waals surface area (Å²) in [5, 5.41) is 7.96. The van der Waals surface area contributed by atoms with Crippen LogP contribution < -0.4 is 25.1 Å². The molecule has 0 fully saturated rings. The number of nitrogens with one attached hydrogen (secondary N) is 1. The molecule has 0 radical (unpaired) electrons. The third-order valence-electron chi connectivity index (χ3n) is 4.19. The molecule has 2 aromatic carbocycles. The van der Waals surface area contributed by atoms with Crippen LogP contribution in [0.3, 0.4) is 0 Å². The quantitative estimate of drug-likeness (QED) is 0.512. The Morgan fingerprint density at radius 2 is 1.74 bits per heavy atom. The first kappa shape index (κ1) is 22.5. The van der Waals surface area contributed by atoms with E-state index >= 15 is 0 Å². The largest absolute Gasteiger partial charge is 0.497 e. The van der Waals surface area contributed by atoms with Gasteiger partial charge in [0.25, 0.3) is 5.56 Å². The fourth-order valence-corrected chi connectivity index (χ4v) is 3.56. The summed E-state index contributed by atoms with van der Waals surface area (Å²) in [7, 11) is 4.55. The first-order valence-electron chi connectivity index (χ1n) is 9.04. The molecule has 1 aromatic heterocycles. The van der Waals surface area contributed by atoms with Gasteiger partial charge < -0.3 is 19.5 Å². The number of aromatic nitrogens is 2. The Kier molecular flexibility index (Phi) is 7.43. The fraction of sp³-hybridized carbons (Fsp3) is 0.190. The minimum Gasteiger partial charge on any atom is -0.497 e. The Hall–Kier alpha value is -3.17. The molecule has 8 nitrogen and oxygen atoms in total. The SMILES string of the molecule is COc1ccc(-n2nc(SCC(=O)Nc3cc(Cl)c(OC)cc3OC)ccc2=O)cc1. The van der Waals surface area contributed by atoms with Crippen LogP contribution in [-0.4, -0.2) is 42.8 Å². The number of methoxy groups -OCH3 is 3. The second-order valence-electron chi connectivity index (χ2n) is 6.14. The number of nitrogens with zero attached hydrogens (tertiary/aromatic N) is 2. The van der Waals surface area contributed by atoms with Crippen molar-refractivity contribution in [3.05, 3.63) is 63.9 Å². The standard InChI is InChI=1S/C21H20ClN3O5S/c1-28-14-6-4-13(5-7-14)25-21(27)9-8-20(24-25)31-12-19(26)23-16-10-15(22)17(29-2)11-18(16)30-3/h4-11H,12H2,1-3H3,(H,23,26). The van der Waals surface area contributed by atoms with Gasteiger partial charge in [0.2, 0.25) is 5.91 Å². The predicted octanol–water partition coefficient (Wildman–Crippen LogP) is 3.64. The Morgan fingerprint density at radius 3 is 2.39 bits per heavy atom. The van der Waals surface area contributed by atoms with Crippen molar-refractivity contribution in [3.63, 3.8) is 0 Å². The number of hydrogen-bond acceptors (Lipinski definition) is 7. The number of halogens is 1. The van der Waals surface area contributed by atoms with Gasteiger partial charge in [-0.2, -0.15) is 9.78 Å². The van der Waals surface area contributed by atoms with E-state index in [0.717, 1.165) is 0 Å². The van der Waals surface area contributed by atoms with E-state index in [1.807, 2.05) is 0 Å². The van der Waals surface area contributed by atoms with E-state index in [9.17, 15) is 9.59 Å². The zero-order valence-electron chi connectivity index (χ0n) is 17.0. The molecule has 3 rings (SSSR count). The van der Waals surface area contributed by atoms with E-state index in [1.165, 1.54) is 36.7 Å². The van der Waals surface area contributed by atoms with Gasteiger partial charge in [-0.15, -0.1) is 0 Å². The van der Waals surface area contributed by atoms with E-state index in [4.69, 9.17) is 25.8 Å². The molecule has 0 aliphatic rings. The molecule has 0 atom stereocenters. The summed E-state index contributed by atoms with van der Waals surface area (Å²) >= 11 is 7.33. The third-order valence-corrected chi connectivity index (χ3v) is 5.41. The lowest BCUT2D eigenvalue weighted by Crippen LogP contribution is -2.21. The molecule has 0 saturated carbocycles. The monoisotopic (exact) mass is 461 g/mol. The maximum absolute atomic E-state index is 12.4. The summed E-state index contributed by atoms with van der Waals surface area (Å²) in [4.78, 5) is 24.6. The van der Waals surface area contributed by atoms with Crippen molar-refractivity contribution in [1.82, 2.24) is 9.78 Å². The molecule has 0 saturated heterocycles. The minimum atomic E-state index is -0.284. The first-order chi connectivity index (χ1) is 14.9. The molecule has 0 bridgehead atoms. The van der Waals surface area contributed by atoms with Crippen LogP contribution in [-0.2, 0) is 4.79 Å². The Balaban J connectivity index is 1.71. The van der Waals surface area contributed by atoms with Crippen LogP contribution in [0, 0.1) is 0 Å². The van der Waals surface area contributed by atoms with E-state index in [-0.39, 0.29) is 17.2 Å². The molecule has 31 heavy (non-hydrogen) atoms. The van der Waals surface area contributed by atoms with Crippen LogP contribution in [0.15, 0.2) is 58.4 Å². The number of ether oxygens (including phenoxy) is 3. The molecule has 0 aliphatic carbocycles. The van der Waals surface area contributed by atoms with Crippen molar-refractivity contribution >= 4 is 35.0 Å². The highest BCUT2D eigenvalue weighted by molar-refractivity contribution is 7.99. The second-order valence-corrected chi connectivity index (χ2v) is 7.55. The van der Waals surface area contributed by atoms with Crippen molar-refractivity contribution < 1.29 is 19.0 Å². The van der Waals surface area contributed by atoms with Crippen LogP contribution in [0.4, 0.5) is 5.69 Å². The second kappa shape index (κ2) is 10.2. The van der Waals surface area contributed by atoms with Gasteiger partial charge in [0.1, 0.15) is 22.3 Å². The molecule has 162 valence electrons. The van der Waals surface area contributed by atoms with Gasteiger partial charge in [-0.1, -0.05) is 23.4 Å². The van der Waals surface area contributed by atoms with E-state index in [1.54, 1.807) is 49.6 Å². The molecule has 0 spiro atoms. The number of thioether (sulfide) groups is 1. The van der Waals surface area contributed by atoms with Gasteiger partial charge in [-0.3, -0.25) is 9.59 Å². The van der Waals surface area contributed by atoms with Crippen LogP contribution in [0.1, 0.15) is 0 Å². The van der Waals surface area contributed by atoms with Crippen molar-refractivity contribution in [3.8, 4) is 22.9 Å². The summed E-state index contributed by atoms with van der Waals surface area (Å²) < 4.78 is 16.8. The molecule has 0 unspecified atom stereocenters. The average molecular weight is 462 g/mol. The number of anilines is 1. The molecule has 0 aliphatic heterocycles. The van der Waals surface area contributed by atoms with Crippen molar-refractivity contribution in [2.24, 2.45) is 0 Å². The Bertz CT molecular complexity index is 1130. The number of benzene rings is 2. The van der Waals surface area contributed by atoms with Gasteiger partial charge in [0.15, 0.2) is 0 Å². The summed E-state index contributed by atoms with van der Waals surface area (Å²) in [6.45, 7) is 0. The lowest BCUT2D eigenvalue weighted by atomic mass is 10.2. The molecule has 1 heterocycles. The number of carbonyl (C=O) groups excluding carboxylic acids is 1. The highest BCUT2D eigenvalue weighted by atomic mass is 35.5. The molecular weight excluding hydrogens is 442 g/mol. The summed E-state index contributed by atoms with van der Waals surface area (Å²) in [5.41, 5.74) is 0.738. The Morgan fingerprint density at radius 1 is 1.03 bits per heavy atom. The van der Waals surface area contributed by atoms with Crippen molar-refractivity contribution in [1.29, 1.82) is 0 Å². The van der Waals surface area contributed by atoms with Gasteiger partial charge in [0.05, 0.1) is 43.5 Å². The Labute approximate surface area is 188 Å². The topological polar surface area (TPSA) is 91.7 Å². The summed E-state index contributed by atoms with van der Waals surface area (Å²) in [5.74, 6) is 1.32. The normalized spacial score (nSPS) is 10.5. The number of rotatable bonds is 8. The maximum atomic E-state index is 12.4. The fourth-order valence-electron chi connectivity index (χ4n) is 2.66. The molecule has 3 aromatic rings. The van der Waals surface area contributed by atoms with Crippen LogP contribution in [0.5, 0.6) is 17.2 Å².